The fraction of sp³-hybridized carbons (Fsp3) is 0. The molecule has 0 saturated carbocycles. The summed E-state index contributed by atoms with van der Waals surface area (Å²) >= 11 is 0. The number of hydrogen-bond donors (Lipinski definition) is 0. The van der Waals surface area contributed by atoms with Gasteiger partial charge in [-0.25, -0.2) is 8.78 Å². The Morgan fingerprint density at radius 2 is 1.90 bits per heavy atom. The largest absolute Gasteiger partial charge is 0.204 e. The summed E-state index contributed by atoms with van der Waals surface area (Å²) in [4.78, 5) is 0. The first-order valence-electron chi connectivity index (χ1n) is 2.51. The van der Waals surface area contributed by atoms with Crippen molar-refractivity contribution in [2.24, 2.45) is 0 Å². The molecule has 0 bridgehead atoms. The van der Waals surface area contributed by atoms with E-state index in [1.807, 2.05) is 5.54 Å². The average Bonchev–Trinajstić information content (AvgIpc) is 1.95. The maximum atomic E-state index is 12.3. The third kappa shape index (κ3) is 1.05. The summed E-state index contributed by atoms with van der Waals surface area (Å²) in [6, 6.07) is 3.11. The van der Waals surface area contributed by atoms with Crippen LogP contribution in [0.4, 0.5) is 18.9 Å². The van der Waals surface area contributed by atoms with Crippen molar-refractivity contribution in [2.75, 3.05) is 0 Å². The molecule has 1 radical (unpaired) electrons. The van der Waals surface area contributed by atoms with Gasteiger partial charge in [0, 0.05) is 0 Å². The number of rotatable bonds is 1. The van der Waals surface area contributed by atoms with Crippen LogP contribution in [0.25, 0.3) is 0 Å². The van der Waals surface area contributed by atoms with E-state index in [0.717, 1.165) is 12.1 Å². The second-order valence-electron chi connectivity index (χ2n) is 1.66. The van der Waals surface area contributed by atoms with Crippen LogP contribution in [0.3, 0.4) is 0 Å². The molecule has 0 aromatic heterocycles. The van der Waals surface area contributed by atoms with Gasteiger partial charge >= 0.3 is 0 Å². The molecular formula is C6H3F3N. The summed E-state index contributed by atoms with van der Waals surface area (Å²) in [6.45, 7) is 0. The lowest BCUT2D eigenvalue weighted by Crippen LogP contribution is -1.89. The van der Waals surface area contributed by atoms with Crippen LogP contribution in [-0.4, -0.2) is 0 Å². The van der Waals surface area contributed by atoms with Crippen LogP contribution < -0.4 is 5.54 Å². The van der Waals surface area contributed by atoms with Crippen molar-refractivity contribution >= 4 is 5.69 Å². The smallest absolute Gasteiger partial charge is 0.187 e. The number of halogens is 3. The molecule has 0 aliphatic rings. The predicted octanol–water partition coefficient (Wildman–Crippen LogP) is 2.09. The minimum absolute atomic E-state index is 0.611. The molecular weight excluding hydrogens is 143 g/mol. The van der Waals surface area contributed by atoms with E-state index in [-0.39, 0.29) is 0 Å². The fourth-order valence-electron chi connectivity index (χ4n) is 0.558. The Bertz CT molecular complexity index is 236. The highest BCUT2D eigenvalue weighted by molar-refractivity contribution is 5.36. The summed E-state index contributed by atoms with van der Waals surface area (Å²) in [5, 5.41) is 0. The predicted molar refractivity (Wildman–Crippen MR) is 29.3 cm³/mol. The highest BCUT2D eigenvalue weighted by Crippen LogP contribution is 2.16. The van der Waals surface area contributed by atoms with Crippen molar-refractivity contribution in [1.29, 1.82) is 0 Å². The van der Waals surface area contributed by atoms with E-state index < -0.39 is 17.3 Å². The van der Waals surface area contributed by atoms with Gasteiger partial charge in [0.2, 0.25) is 0 Å². The molecule has 0 spiro atoms. The van der Waals surface area contributed by atoms with Gasteiger partial charge in [-0.3, -0.25) is 0 Å². The minimum atomic E-state index is -1.26. The fourth-order valence-corrected chi connectivity index (χ4v) is 0.558. The molecule has 0 fully saturated rings. The molecule has 0 aliphatic carbocycles. The Hall–Kier alpha value is -1.19. The first-order chi connectivity index (χ1) is 4.75. The van der Waals surface area contributed by atoms with E-state index in [1.54, 1.807) is 0 Å². The monoisotopic (exact) mass is 146 g/mol. The van der Waals surface area contributed by atoms with E-state index in [1.165, 1.54) is 6.07 Å². The van der Waals surface area contributed by atoms with E-state index in [4.69, 9.17) is 0 Å². The van der Waals surface area contributed by atoms with Gasteiger partial charge in [-0.2, -0.15) is 0 Å². The van der Waals surface area contributed by atoms with Crippen molar-refractivity contribution in [3.05, 3.63) is 29.8 Å². The van der Waals surface area contributed by atoms with Gasteiger partial charge in [0.1, 0.15) is 5.69 Å². The lowest BCUT2D eigenvalue weighted by atomic mass is 10.3. The first kappa shape index (κ1) is 6.92. The summed E-state index contributed by atoms with van der Waals surface area (Å²) in [5.41, 5.74) is 1.40. The zero-order chi connectivity index (χ0) is 7.56. The maximum absolute atomic E-state index is 12.3. The van der Waals surface area contributed by atoms with Crippen molar-refractivity contribution < 1.29 is 13.3 Å². The van der Waals surface area contributed by atoms with Crippen LogP contribution in [-0.2, 0) is 0 Å². The third-order valence-corrected chi connectivity index (χ3v) is 1.02. The first-order valence-corrected chi connectivity index (χ1v) is 2.51. The molecule has 0 N–H and O–H groups in total. The quantitative estimate of drug-likeness (QED) is 0.575. The summed E-state index contributed by atoms with van der Waals surface area (Å²) < 4.78 is 35.8. The molecule has 0 saturated heterocycles. The summed E-state index contributed by atoms with van der Waals surface area (Å²) in [5.74, 6) is -2.36. The molecule has 0 aliphatic heterocycles. The Kier molecular flexibility index (Phi) is 1.80. The molecule has 10 heavy (non-hydrogen) atoms. The Morgan fingerprint density at radius 1 is 1.20 bits per heavy atom. The van der Waals surface area contributed by atoms with Crippen LogP contribution in [0.5, 0.6) is 0 Å². The molecule has 4 heteroatoms. The molecule has 1 aromatic carbocycles. The average molecular weight is 146 g/mol. The van der Waals surface area contributed by atoms with Gasteiger partial charge in [-0.05, 0) is 12.1 Å². The number of benzene rings is 1. The van der Waals surface area contributed by atoms with E-state index in [2.05, 4.69) is 0 Å². The zero-order valence-corrected chi connectivity index (χ0v) is 4.81. The molecule has 1 aromatic rings. The van der Waals surface area contributed by atoms with Crippen molar-refractivity contribution in [3.8, 4) is 0 Å². The van der Waals surface area contributed by atoms with E-state index >= 15 is 0 Å². The van der Waals surface area contributed by atoms with Gasteiger partial charge in [-0.1, -0.05) is 16.1 Å². The van der Waals surface area contributed by atoms with Gasteiger partial charge < -0.3 is 0 Å². The molecule has 0 atom stereocenters. The summed E-state index contributed by atoms with van der Waals surface area (Å²) in [6.07, 6.45) is 0. The molecule has 53 valence electrons. The van der Waals surface area contributed by atoms with Gasteiger partial charge in [0.05, 0.1) is 0 Å². The van der Waals surface area contributed by atoms with Crippen LogP contribution in [0.1, 0.15) is 0 Å². The second-order valence-corrected chi connectivity index (χ2v) is 1.66. The van der Waals surface area contributed by atoms with E-state index in [9.17, 15) is 13.3 Å². The van der Waals surface area contributed by atoms with Gasteiger partial charge in [0.15, 0.2) is 11.6 Å². The Balaban J connectivity index is 3.14. The van der Waals surface area contributed by atoms with Crippen LogP contribution in [0.2, 0.25) is 0 Å². The normalized spacial score (nSPS) is 9.50. The number of nitrogens with zero attached hydrogens (tertiary/aromatic N) is 1. The number of hydrogen-bond acceptors (Lipinski definition) is 0. The van der Waals surface area contributed by atoms with Crippen LogP contribution >= 0.6 is 0 Å². The maximum Gasteiger partial charge on any atom is 0.187 e. The van der Waals surface area contributed by atoms with E-state index in [0.29, 0.717) is 0 Å². The van der Waals surface area contributed by atoms with Gasteiger partial charge in [0.25, 0.3) is 0 Å². The van der Waals surface area contributed by atoms with Crippen LogP contribution in [0, 0.1) is 11.6 Å². The molecule has 0 amide bonds. The van der Waals surface area contributed by atoms with Crippen molar-refractivity contribution in [1.82, 2.24) is 5.54 Å². The zero-order valence-electron chi connectivity index (χ0n) is 4.81. The lowest BCUT2D eigenvalue weighted by Gasteiger charge is -1.94. The van der Waals surface area contributed by atoms with Crippen molar-refractivity contribution in [3.63, 3.8) is 0 Å². The summed E-state index contributed by atoms with van der Waals surface area (Å²) in [7, 11) is 0. The standard InChI is InChI=1S/C6H3F3N/c7-4-2-1-3-5(10-9)6(4)8/h1-3H. The second kappa shape index (κ2) is 2.60. The molecule has 0 heterocycles. The molecule has 1 nitrogen and oxygen atoms in total. The third-order valence-electron chi connectivity index (χ3n) is 1.02. The highest BCUT2D eigenvalue weighted by Gasteiger charge is 2.07. The molecule has 0 unspecified atom stereocenters. The topological polar surface area (TPSA) is 14.1 Å². The lowest BCUT2D eigenvalue weighted by molar-refractivity contribution is 0.385. The highest BCUT2D eigenvalue weighted by atomic mass is 19.2. The minimum Gasteiger partial charge on any atom is -0.204 e. The van der Waals surface area contributed by atoms with Gasteiger partial charge in [-0.15, -0.1) is 0 Å². The Labute approximate surface area is 55.4 Å². The Morgan fingerprint density at radius 3 is 2.40 bits per heavy atom. The SMILES string of the molecule is F[N]c1cccc(F)c1F. The van der Waals surface area contributed by atoms with Crippen LogP contribution in [0.15, 0.2) is 18.2 Å². The molecule has 1 rings (SSSR count). The van der Waals surface area contributed by atoms with Crippen molar-refractivity contribution in [2.45, 2.75) is 0 Å².